The zero-order valence-corrected chi connectivity index (χ0v) is 13.3. The fourth-order valence-corrected chi connectivity index (χ4v) is 2.29. The number of aryl methyl sites for hydroxylation is 2. The van der Waals surface area contributed by atoms with Crippen LogP contribution in [0.25, 0.3) is 0 Å². The number of carboxylic acids is 1. The highest BCUT2D eigenvalue weighted by molar-refractivity contribution is 6.32. The first-order valence-corrected chi connectivity index (χ1v) is 7.14. The lowest BCUT2D eigenvalue weighted by Crippen LogP contribution is -2.20. The van der Waals surface area contributed by atoms with Crippen molar-refractivity contribution in [2.24, 2.45) is 7.05 Å². The van der Waals surface area contributed by atoms with Crippen LogP contribution in [0.4, 0.5) is 5.69 Å². The third-order valence-corrected chi connectivity index (χ3v) is 3.71. The van der Waals surface area contributed by atoms with Gasteiger partial charge in [0.15, 0.2) is 0 Å². The van der Waals surface area contributed by atoms with Gasteiger partial charge < -0.3 is 15.0 Å². The van der Waals surface area contributed by atoms with Crippen molar-refractivity contribution in [2.45, 2.75) is 13.3 Å². The molecular formula is C16H15ClN2O4. The van der Waals surface area contributed by atoms with Gasteiger partial charge in [0, 0.05) is 24.3 Å². The number of aromatic nitrogens is 1. The van der Waals surface area contributed by atoms with Crippen molar-refractivity contribution < 1.29 is 14.7 Å². The van der Waals surface area contributed by atoms with E-state index in [1.165, 1.54) is 28.8 Å². The van der Waals surface area contributed by atoms with Crippen LogP contribution in [0.1, 0.15) is 21.5 Å². The van der Waals surface area contributed by atoms with Crippen molar-refractivity contribution in [3.05, 3.63) is 62.5 Å². The van der Waals surface area contributed by atoms with Gasteiger partial charge in [-0.1, -0.05) is 17.7 Å². The normalized spacial score (nSPS) is 10.4. The van der Waals surface area contributed by atoms with Crippen LogP contribution in [-0.4, -0.2) is 21.6 Å². The SMILES string of the molecule is Cc1cc(=O)n(C)cc1NC(=O)Cc1ccc(C(=O)O)cc1Cl. The van der Waals surface area contributed by atoms with Gasteiger partial charge in [0.25, 0.3) is 5.56 Å². The minimum absolute atomic E-state index is 0.00101. The average molecular weight is 335 g/mol. The Morgan fingerprint density at radius 3 is 2.61 bits per heavy atom. The Morgan fingerprint density at radius 1 is 1.30 bits per heavy atom. The molecule has 2 rings (SSSR count). The predicted molar refractivity (Wildman–Crippen MR) is 87.2 cm³/mol. The number of aromatic carboxylic acids is 1. The minimum Gasteiger partial charge on any atom is -0.478 e. The quantitative estimate of drug-likeness (QED) is 0.897. The smallest absolute Gasteiger partial charge is 0.335 e. The summed E-state index contributed by atoms with van der Waals surface area (Å²) in [6, 6.07) is 5.65. The lowest BCUT2D eigenvalue weighted by Gasteiger charge is -2.10. The van der Waals surface area contributed by atoms with Crippen LogP contribution < -0.4 is 10.9 Å². The van der Waals surface area contributed by atoms with Gasteiger partial charge in [0.2, 0.25) is 5.91 Å². The van der Waals surface area contributed by atoms with Crippen LogP contribution in [0.15, 0.2) is 35.3 Å². The maximum atomic E-state index is 12.1. The average Bonchev–Trinajstić information content (AvgIpc) is 2.46. The summed E-state index contributed by atoms with van der Waals surface area (Å²) in [7, 11) is 1.60. The molecule has 0 aliphatic carbocycles. The van der Waals surface area contributed by atoms with Crippen molar-refractivity contribution in [1.29, 1.82) is 0 Å². The number of benzene rings is 1. The van der Waals surface area contributed by atoms with Gasteiger partial charge in [-0.05, 0) is 30.2 Å². The van der Waals surface area contributed by atoms with E-state index in [2.05, 4.69) is 5.32 Å². The molecule has 0 spiro atoms. The maximum absolute atomic E-state index is 12.1. The van der Waals surface area contributed by atoms with Crippen molar-refractivity contribution in [3.63, 3.8) is 0 Å². The van der Waals surface area contributed by atoms with E-state index in [1.807, 2.05) is 0 Å². The van der Waals surface area contributed by atoms with Crippen LogP contribution in [0.2, 0.25) is 5.02 Å². The van der Waals surface area contributed by atoms with E-state index >= 15 is 0 Å². The second-order valence-corrected chi connectivity index (χ2v) is 5.56. The van der Waals surface area contributed by atoms with Crippen molar-refractivity contribution in [2.75, 3.05) is 5.32 Å². The molecule has 1 aromatic heterocycles. The number of halogens is 1. The van der Waals surface area contributed by atoms with Crippen LogP contribution in [0.5, 0.6) is 0 Å². The summed E-state index contributed by atoms with van der Waals surface area (Å²) >= 11 is 6.01. The molecule has 6 nitrogen and oxygen atoms in total. The number of nitrogens with zero attached hydrogens (tertiary/aromatic N) is 1. The van der Waals surface area contributed by atoms with E-state index in [0.717, 1.165) is 0 Å². The molecule has 0 saturated carbocycles. The molecule has 1 heterocycles. The molecule has 0 fully saturated rings. The number of hydrogen-bond donors (Lipinski definition) is 2. The summed E-state index contributed by atoms with van der Waals surface area (Å²) in [5.74, 6) is -1.39. The largest absolute Gasteiger partial charge is 0.478 e. The first kappa shape index (κ1) is 16.8. The number of carbonyl (C=O) groups is 2. The number of carbonyl (C=O) groups excluding carboxylic acids is 1. The molecule has 1 amide bonds. The van der Waals surface area contributed by atoms with E-state index in [0.29, 0.717) is 16.8 Å². The molecule has 0 bridgehead atoms. The molecule has 120 valence electrons. The Labute approximate surface area is 137 Å². The second kappa shape index (κ2) is 6.66. The molecular weight excluding hydrogens is 320 g/mol. The van der Waals surface area contributed by atoms with Gasteiger partial charge in [0.05, 0.1) is 17.7 Å². The molecule has 0 aliphatic heterocycles. The Balaban J connectivity index is 2.16. The number of rotatable bonds is 4. The van der Waals surface area contributed by atoms with Gasteiger partial charge in [-0.25, -0.2) is 4.79 Å². The summed E-state index contributed by atoms with van der Waals surface area (Å²) in [5, 5.41) is 11.8. The summed E-state index contributed by atoms with van der Waals surface area (Å²) in [6.45, 7) is 1.73. The Hall–Kier alpha value is -2.60. The number of carboxylic acid groups (broad SMARTS) is 1. The number of hydrogen-bond acceptors (Lipinski definition) is 3. The third-order valence-electron chi connectivity index (χ3n) is 3.36. The van der Waals surface area contributed by atoms with E-state index in [4.69, 9.17) is 16.7 Å². The van der Waals surface area contributed by atoms with E-state index in [9.17, 15) is 14.4 Å². The summed E-state index contributed by atoms with van der Waals surface area (Å²) in [5.41, 5.74) is 1.63. The highest BCUT2D eigenvalue weighted by Crippen LogP contribution is 2.19. The van der Waals surface area contributed by atoms with Crippen LogP contribution in [0.3, 0.4) is 0 Å². The molecule has 0 aliphatic rings. The monoisotopic (exact) mass is 334 g/mol. The van der Waals surface area contributed by atoms with E-state index < -0.39 is 5.97 Å². The number of pyridine rings is 1. The standard InChI is InChI=1S/C16H15ClN2O4/c1-9-5-15(21)19(2)8-13(9)18-14(20)7-10-3-4-11(16(22)23)6-12(10)17/h3-6,8H,7H2,1-2H3,(H,18,20)(H,22,23). The van der Waals surface area contributed by atoms with Crippen molar-refractivity contribution in [3.8, 4) is 0 Å². The molecule has 0 radical (unpaired) electrons. The highest BCUT2D eigenvalue weighted by atomic mass is 35.5. The van der Waals surface area contributed by atoms with Gasteiger partial charge in [-0.3, -0.25) is 9.59 Å². The van der Waals surface area contributed by atoms with Gasteiger partial charge in [-0.2, -0.15) is 0 Å². The number of anilines is 1. The fourth-order valence-electron chi connectivity index (χ4n) is 2.05. The topological polar surface area (TPSA) is 88.4 Å². The van der Waals surface area contributed by atoms with Crippen LogP contribution in [-0.2, 0) is 18.3 Å². The summed E-state index contributed by atoms with van der Waals surface area (Å²) in [4.78, 5) is 34.5. The molecule has 1 aromatic carbocycles. The number of amides is 1. The fraction of sp³-hybridized carbons (Fsp3) is 0.188. The lowest BCUT2D eigenvalue weighted by atomic mass is 10.1. The van der Waals surface area contributed by atoms with E-state index in [1.54, 1.807) is 20.2 Å². The lowest BCUT2D eigenvalue weighted by molar-refractivity contribution is -0.115. The third kappa shape index (κ3) is 3.98. The molecule has 2 N–H and O–H groups in total. The zero-order chi connectivity index (χ0) is 17.1. The molecule has 0 unspecified atom stereocenters. The van der Waals surface area contributed by atoms with Gasteiger partial charge in [0.1, 0.15) is 0 Å². The van der Waals surface area contributed by atoms with Crippen molar-refractivity contribution >= 4 is 29.2 Å². The Bertz CT molecular complexity index is 842. The highest BCUT2D eigenvalue weighted by Gasteiger charge is 2.12. The molecule has 2 aromatic rings. The van der Waals surface area contributed by atoms with Gasteiger partial charge in [-0.15, -0.1) is 0 Å². The molecule has 7 heteroatoms. The predicted octanol–water partition coefficient (Wildman–Crippen LogP) is 2.23. The zero-order valence-electron chi connectivity index (χ0n) is 12.6. The van der Waals surface area contributed by atoms with Crippen LogP contribution in [0, 0.1) is 6.92 Å². The Morgan fingerprint density at radius 2 is 2.00 bits per heavy atom. The molecule has 0 atom stereocenters. The second-order valence-electron chi connectivity index (χ2n) is 5.16. The van der Waals surface area contributed by atoms with E-state index in [-0.39, 0.29) is 28.5 Å². The summed E-state index contributed by atoms with van der Waals surface area (Å²) in [6.07, 6.45) is 1.55. The Kier molecular flexibility index (Phi) is 4.86. The first-order chi connectivity index (χ1) is 10.8. The molecule has 0 saturated heterocycles. The number of nitrogens with one attached hydrogen (secondary N) is 1. The maximum Gasteiger partial charge on any atom is 0.335 e. The minimum atomic E-state index is -1.08. The van der Waals surface area contributed by atoms with Crippen LogP contribution >= 0.6 is 11.6 Å². The summed E-state index contributed by atoms with van der Waals surface area (Å²) < 4.78 is 1.37. The van der Waals surface area contributed by atoms with Gasteiger partial charge >= 0.3 is 5.97 Å². The van der Waals surface area contributed by atoms with Crippen molar-refractivity contribution in [1.82, 2.24) is 4.57 Å². The molecule has 23 heavy (non-hydrogen) atoms. The first-order valence-electron chi connectivity index (χ1n) is 6.77.